The molecule has 1 aromatic heterocycles. The van der Waals surface area contributed by atoms with E-state index in [0.29, 0.717) is 17.9 Å². The maximum atomic E-state index is 14.4. The Kier molecular flexibility index (Phi) is 5.38. The Morgan fingerprint density at radius 3 is 2.41 bits per heavy atom. The third-order valence-corrected chi connectivity index (χ3v) is 5.48. The van der Waals surface area contributed by atoms with Crippen LogP contribution in [0.1, 0.15) is 26.2 Å². The third-order valence-electron chi connectivity index (χ3n) is 5.48. The molecule has 152 valence electrons. The second-order valence-electron chi connectivity index (χ2n) is 7.33. The van der Waals surface area contributed by atoms with Gasteiger partial charge in [-0.15, -0.1) is 0 Å². The average molecular weight is 396 g/mol. The number of halogens is 1. The standard InChI is InChI=1S/C22H25FN4O2/c1-2-26-19-7-3-4-8-20(19)27(22(26)29)14-11-21(28)24-16-9-10-18(17(23)15-16)25-12-5-6-13-25/h3-4,7-10,15H,2,5-6,11-14H2,1H3,(H,24,28). The van der Waals surface area contributed by atoms with Crippen LogP contribution in [-0.2, 0) is 17.9 Å². The van der Waals surface area contributed by atoms with E-state index in [-0.39, 0.29) is 30.4 Å². The molecule has 0 aliphatic carbocycles. The second-order valence-corrected chi connectivity index (χ2v) is 7.33. The number of aromatic nitrogens is 2. The highest BCUT2D eigenvalue weighted by molar-refractivity contribution is 5.91. The van der Waals surface area contributed by atoms with Crippen LogP contribution in [0, 0.1) is 5.82 Å². The van der Waals surface area contributed by atoms with Gasteiger partial charge >= 0.3 is 5.69 Å². The number of anilines is 2. The lowest BCUT2D eigenvalue weighted by Crippen LogP contribution is -2.25. The fourth-order valence-corrected chi connectivity index (χ4v) is 4.03. The fourth-order valence-electron chi connectivity index (χ4n) is 4.03. The van der Waals surface area contributed by atoms with E-state index in [1.165, 1.54) is 6.07 Å². The molecule has 0 unspecified atom stereocenters. The van der Waals surface area contributed by atoms with E-state index in [9.17, 15) is 14.0 Å². The van der Waals surface area contributed by atoms with Crippen molar-refractivity contribution >= 4 is 28.3 Å². The van der Waals surface area contributed by atoms with Crippen molar-refractivity contribution in [2.45, 2.75) is 39.3 Å². The van der Waals surface area contributed by atoms with Gasteiger partial charge in [-0.05, 0) is 50.1 Å². The van der Waals surface area contributed by atoms with Crippen LogP contribution in [0.25, 0.3) is 11.0 Å². The zero-order chi connectivity index (χ0) is 20.4. The first-order valence-corrected chi connectivity index (χ1v) is 10.1. The lowest BCUT2D eigenvalue weighted by molar-refractivity contribution is -0.116. The van der Waals surface area contributed by atoms with Crippen molar-refractivity contribution in [2.75, 3.05) is 23.3 Å². The number of carbonyl (C=O) groups excluding carboxylic acids is 1. The molecule has 1 saturated heterocycles. The van der Waals surface area contributed by atoms with Crippen molar-refractivity contribution in [2.24, 2.45) is 0 Å². The number of fused-ring (bicyclic) bond motifs is 1. The lowest BCUT2D eigenvalue weighted by Gasteiger charge is -2.18. The summed E-state index contributed by atoms with van der Waals surface area (Å²) in [6, 6.07) is 12.4. The van der Waals surface area contributed by atoms with Gasteiger partial charge in [0, 0.05) is 38.3 Å². The number of aryl methyl sites for hydroxylation is 2. The third kappa shape index (κ3) is 3.77. The smallest absolute Gasteiger partial charge is 0.329 e. The predicted octanol–water partition coefficient (Wildman–Crippen LogP) is 3.59. The van der Waals surface area contributed by atoms with E-state index >= 15 is 0 Å². The summed E-state index contributed by atoms with van der Waals surface area (Å²) in [5.41, 5.74) is 2.56. The van der Waals surface area contributed by atoms with Crippen molar-refractivity contribution in [3.05, 3.63) is 58.8 Å². The minimum absolute atomic E-state index is 0.123. The van der Waals surface area contributed by atoms with Crippen molar-refractivity contribution < 1.29 is 9.18 Å². The molecule has 2 aromatic carbocycles. The van der Waals surface area contributed by atoms with Crippen LogP contribution < -0.4 is 15.9 Å². The molecule has 4 rings (SSSR count). The zero-order valence-corrected chi connectivity index (χ0v) is 16.5. The molecule has 7 heteroatoms. The molecule has 0 atom stereocenters. The van der Waals surface area contributed by atoms with E-state index in [2.05, 4.69) is 5.32 Å². The van der Waals surface area contributed by atoms with Crippen LogP contribution in [0.15, 0.2) is 47.3 Å². The van der Waals surface area contributed by atoms with Gasteiger partial charge < -0.3 is 10.2 Å². The molecular weight excluding hydrogens is 371 g/mol. The highest BCUT2D eigenvalue weighted by Crippen LogP contribution is 2.26. The molecule has 0 saturated carbocycles. The number of amides is 1. The molecule has 0 radical (unpaired) electrons. The van der Waals surface area contributed by atoms with Crippen LogP contribution in [0.5, 0.6) is 0 Å². The molecular formula is C22H25FN4O2. The monoisotopic (exact) mass is 396 g/mol. The molecule has 1 amide bonds. The van der Waals surface area contributed by atoms with Gasteiger partial charge in [0.1, 0.15) is 5.82 Å². The Hall–Kier alpha value is -3.09. The number of nitrogens with one attached hydrogen (secondary N) is 1. The number of nitrogens with zero attached hydrogens (tertiary/aromatic N) is 3. The molecule has 1 fully saturated rings. The summed E-state index contributed by atoms with van der Waals surface area (Å²) in [4.78, 5) is 27.1. The Balaban J connectivity index is 1.45. The first-order chi connectivity index (χ1) is 14.1. The van der Waals surface area contributed by atoms with E-state index in [0.717, 1.165) is 37.0 Å². The Morgan fingerprint density at radius 2 is 1.76 bits per heavy atom. The molecule has 1 aliphatic rings. The van der Waals surface area contributed by atoms with Gasteiger partial charge in [-0.25, -0.2) is 9.18 Å². The maximum Gasteiger partial charge on any atom is 0.329 e. The van der Waals surface area contributed by atoms with Crippen LogP contribution in [0.2, 0.25) is 0 Å². The molecule has 3 aromatic rings. The number of para-hydroxylation sites is 2. The first kappa shape index (κ1) is 19.2. The summed E-state index contributed by atoms with van der Waals surface area (Å²) in [6.45, 7) is 4.49. The summed E-state index contributed by atoms with van der Waals surface area (Å²) < 4.78 is 17.7. The van der Waals surface area contributed by atoms with Crippen molar-refractivity contribution in [1.29, 1.82) is 0 Å². The minimum atomic E-state index is -0.327. The number of hydrogen-bond acceptors (Lipinski definition) is 3. The highest BCUT2D eigenvalue weighted by atomic mass is 19.1. The maximum absolute atomic E-state index is 14.4. The normalized spacial score (nSPS) is 13.9. The summed E-state index contributed by atoms with van der Waals surface area (Å²) in [5.74, 6) is -0.578. The van der Waals surface area contributed by atoms with Gasteiger partial charge in [0.2, 0.25) is 5.91 Å². The molecule has 2 heterocycles. The number of imidazole rings is 1. The topological polar surface area (TPSA) is 59.3 Å². The van der Waals surface area contributed by atoms with Crippen molar-refractivity contribution in [1.82, 2.24) is 9.13 Å². The summed E-state index contributed by atoms with van der Waals surface area (Å²) >= 11 is 0. The van der Waals surface area contributed by atoms with Gasteiger partial charge in [0.05, 0.1) is 16.7 Å². The SMILES string of the molecule is CCn1c(=O)n(CCC(=O)Nc2ccc(N3CCCC3)c(F)c2)c2ccccc21. The van der Waals surface area contributed by atoms with Crippen LogP contribution in [0.4, 0.5) is 15.8 Å². The van der Waals surface area contributed by atoms with E-state index in [1.54, 1.807) is 21.3 Å². The fraction of sp³-hybridized carbons (Fsp3) is 0.364. The number of carbonyl (C=O) groups is 1. The van der Waals surface area contributed by atoms with E-state index < -0.39 is 0 Å². The quantitative estimate of drug-likeness (QED) is 0.693. The first-order valence-electron chi connectivity index (χ1n) is 10.1. The molecule has 29 heavy (non-hydrogen) atoms. The molecule has 0 bridgehead atoms. The molecule has 0 spiro atoms. The van der Waals surface area contributed by atoms with Crippen LogP contribution in [0.3, 0.4) is 0 Å². The number of hydrogen-bond donors (Lipinski definition) is 1. The predicted molar refractivity (Wildman–Crippen MR) is 113 cm³/mol. The van der Waals surface area contributed by atoms with Crippen molar-refractivity contribution in [3.63, 3.8) is 0 Å². The van der Waals surface area contributed by atoms with Gasteiger partial charge in [0.15, 0.2) is 0 Å². The summed E-state index contributed by atoms with van der Waals surface area (Å²) in [5, 5.41) is 2.74. The Bertz CT molecular complexity index is 1100. The lowest BCUT2D eigenvalue weighted by atomic mass is 10.2. The van der Waals surface area contributed by atoms with Gasteiger partial charge in [-0.2, -0.15) is 0 Å². The molecule has 1 N–H and O–H groups in total. The van der Waals surface area contributed by atoms with Crippen molar-refractivity contribution in [3.8, 4) is 0 Å². The number of rotatable bonds is 6. The minimum Gasteiger partial charge on any atom is -0.369 e. The van der Waals surface area contributed by atoms with E-state index in [1.807, 2.05) is 36.1 Å². The zero-order valence-electron chi connectivity index (χ0n) is 16.5. The molecule has 1 aliphatic heterocycles. The van der Waals surface area contributed by atoms with Gasteiger partial charge in [-0.1, -0.05) is 12.1 Å². The van der Waals surface area contributed by atoms with Crippen LogP contribution >= 0.6 is 0 Å². The molecule has 6 nitrogen and oxygen atoms in total. The Morgan fingerprint density at radius 1 is 1.07 bits per heavy atom. The number of benzene rings is 2. The largest absolute Gasteiger partial charge is 0.369 e. The van der Waals surface area contributed by atoms with Crippen LogP contribution in [-0.4, -0.2) is 28.1 Å². The average Bonchev–Trinajstić information content (AvgIpc) is 3.32. The Labute approximate surface area is 168 Å². The van der Waals surface area contributed by atoms with E-state index in [4.69, 9.17) is 0 Å². The second kappa shape index (κ2) is 8.11. The summed E-state index contributed by atoms with van der Waals surface area (Å²) in [7, 11) is 0. The summed E-state index contributed by atoms with van der Waals surface area (Å²) in [6.07, 6.45) is 2.28. The van der Waals surface area contributed by atoms with Gasteiger partial charge in [0.25, 0.3) is 0 Å². The highest BCUT2D eigenvalue weighted by Gasteiger charge is 2.17. The van der Waals surface area contributed by atoms with Gasteiger partial charge in [-0.3, -0.25) is 13.9 Å².